The molecule has 0 radical (unpaired) electrons. The summed E-state index contributed by atoms with van der Waals surface area (Å²) in [5, 5.41) is 0. The Hall–Kier alpha value is 1.92. The van der Waals surface area contributed by atoms with Gasteiger partial charge in [-0.25, -0.2) is 0 Å². The van der Waals surface area contributed by atoms with Crippen LogP contribution in [-0.2, 0) is 19.5 Å². The molecule has 0 nitrogen and oxygen atoms in total. The summed E-state index contributed by atoms with van der Waals surface area (Å²) in [6.07, 6.45) is 0. The fraction of sp³-hybridized carbons (Fsp3) is 0. The van der Waals surface area contributed by atoms with Crippen LogP contribution in [0, 0.1) is 0 Å². The van der Waals surface area contributed by atoms with Crippen molar-refractivity contribution in [3.05, 3.63) is 0 Å². The zero-order valence-electron chi connectivity index (χ0n) is 1.93. The van der Waals surface area contributed by atoms with Gasteiger partial charge in [-0.05, 0) is 0 Å². The molecule has 0 aliphatic rings. The van der Waals surface area contributed by atoms with Gasteiger partial charge in [-0.15, -0.1) is 0 Å². The molecule has 34 valence electrons. The van der Waals surface area contributed by atoms with Crippen molar-refractivity contribution in [2.45, 2.75) is 0 Å². The summed E-state index contributed by atoms with van der Waals surface area (Å²) in [7, 11) is 0. The molecule has 0 unspecified atom stereocenters. The fourth-order valence-corrected chi connectivity index (χ4v) is 0. The summed E-state index contributed by atoms with van der Waals surface area (Å²) in [5.74, 6) is -1.20. The minimum absolute atomic E-state index is 0. The third-order valence-corrected chi connectivity index (χ3v) is 0. The summed E-state index contributed by atoms with van der Waals surface area (Å²) in [6, 6.07) is 0. The third-order valence-electron chi connectivity index (χ3n) is 0. The number of rotatable bonds is 0. The molecule has 0 rings (SSSR count). The van der Waals surface area contributed by atoms with Gasteiger partial charge in [-0.1, -0.05) is 33.7 Å². The number of halogens is 3. The van der Waals surface area contributed by atoms with E-state index >= 15 is 0 Å². The van der Waals surface area contributed by atoms with Crippen LogP contribution in [0.25, 0.3) is 0 Å². The molecule has 0 saturated carbocycles. The summed E-state index contributed by atoms with van der Waals surface area (Å²) in [5.41, 5.74) is 0. The molecule has 0 atom stereocenters. The Morgan fingerprint density at radius 1 is 1.00 bits per heavy atom. The second-order valence-corrected chi connectivity index (χ2v) is 5.17. The van der Waals surface area contributed by atoms with Gasteiger partial charge in [0.2, 0.25) is 0 Å². The van der Waals surface area contributed by atoms with Gasteiger partial charge in [0.25, 0.3) is 0 Å². The maximum atomic E-state index is 4.87. The molecule has 0 spiro atoms. The predicted molar refractivity (Wildman–Crippen MR) is 24.5 cm³/mol. The van der Waals surface area contributed by atoms with Crippen LogP contribution >= 0.6 is 39.7 Å². The van der Waals surface area contributed by atoms with E-state index in [0.717, 1.165) is 0 Å². The summed E-state index contributed by atoms with van der Waals surface area (Å²) in [4.78, 5) is 0. The van der Waals surface area contributed by atoms with Crippen LogP contribution in [0.2, 0.25) is 0 Å². The van der Waals surface area contributed by atoms with Crippen LogP contribution < -0.4 is 0 Å². The summed E-state index contributed by atoms with van der Waals surface area (Å²) >= 11 is 14.6. The van der Waals surface area contributed by atoms with E-state index in [1.54, 1.807) is 0 Å². The van der Waals surface area contributed by atoms with Crippen LogP contribution in [0.5, 0.6) is 0 Å². The molecule has 0 aromatic carbocycles. The first kappa shape index (κ1) is 10.0. The normalized spacial score (nSPS) is 7.20. The monoisotopic (exact) mass is 238 g/mol. The van der Waals surface area contributed by atoms with E-state index in [1.807, 2.05) is 0 Å². The van der Waals surface area contributed by atoms with Gasteiger partial charge in [-0.2, -0.15) is 0 Å². The van der Waals surface area contributed by atoms with E-state index in [9.17, 15) is 0 Å². The molecule has 0 fully saturated rings. The number of hydrogen-bond donors (Lipinski definition) is 0. The number of hydrogen-bond acceptors (Lipinski definition) is 0. The topological polar surface area (TPSA) is 0 Å². The van der Waals surface area contributed by atoms with Crippen molar-refractivity contribution in [1.29, 1.82) is 0 Å². The van der Waals surface area contributed by atoms with E-state index in [-0.39, 0.29) is 19.5 Å². The van der Waals surface area contributed by atoms with E-state index in [4.69, 9.17) is 33.7 Å². The van der Waals surface area contributed by atoms with Gasteiger partial charge >= 0.3 is 0 Å². The molecular weight excluding hydrogens is 238 g/mol. The van der Waals surface area contributed by atoms with Gasteiger partial charge in [-0.3, -0.25) is 0 Å². The van der Waals surface area contributed by atoms with Crippen molar-refractivity contribution < 1.29 is 19.5 Å². The molecule has 0 aliphatic carbocycles. The average molecular weight is 238 g/mol. The van der Waals surface area contributed by atoms with Crippen molar-refractivity contribution in [3.63, 3.8) is 0 Å². The maximum Gasteiger partial charge on any atom is 0.179 e. The quantitative estimate of drug-likeness (QED) is 0.450. The Kier molecular flexibility index (Phi) is 11.9. The Bertz CT molecular complexity index is 11.6. The van der Waals surface area contributed by atoms with E-state index < -0.39 is 5.98 Å². The molecule has 0 amide bonds. The Morgan fingerprint density at radius 2 is 1.00 bits per heavy atom. The fourth-order valence-electron chi connectivity index (χ4n) is 0. The van der Waals surface area contributed by atoms with E-state index in [1.165, 1.54) is 0 Å². The standard InChI is InChI=1S/Cl3P.Ru/c1-4(2)3;. The van der Waals surface area contributed by atoms with Crippen LogP contribution in [0.15, 0.2) is 0 Å². The van der Waals surface area contributed by atoms with Gasteiger partial charge in [0.05, 0.1) is 0 Å². The van der Waals surface area contributed by atoms with Crippen LogP contribution in [0.1, 0.15) is 0 Å². The molecular formula is Cl3PRu. The Balaban J connectivity index is 0. The largest absolute Gasteiger partial charge is 0.179 e. The first-order valence-corrected chi connectivity index (χ1v) is 4.56. The van der Waals surface area contributed by atoms with Crippen molar-refractivity contribution in [2.75, 3.05) is 0 Å². The SMILES string of the molecule is ClP(Cl)Cl.[Ru]. The minimum atomic E-state index is -1.20. The molecule has 0 aromatic heterocycles. The maximum absolute atomic E-state index is 4.87. The van der Waals surface area contributed by atoms with Crippen molar-refractivity contribution in [2.24, 2.45) is 0 Å². The van der Waals surface area contributed by atoms with Crippen LogP contribution in [0.4, 0.5) is 0 Å². The van der Waals surface area contributed by atoms with Crippen molar-refractivity contribution in [3.8, 4) is 0 Å². The second kappa shape index (κ2) is 5.92. The zero-order chi connectivity index (χ0) is 3.58. The van der Waals surface area contributed by atoms with E-state index in [2.05, 4.69) is 0 Å². The average Bonchev–Trinajstić information content (AvgIpc) is 0.811. The molecule has 5 heteroatoms. The van der Waals surface area contributed by atoms with Gasteiger partial charge in [0, 0.05) is 19.5 Å². The van der Waals surface area contributed by atoms with Crippen molar-refractivity contribution in [1.82, 2.24) is 0 Å². The van der Waals surface area contributed by atoms with Gasteiger partial charge in [0.1, 0.15) is 0 Å². The first-order valence-electron chi connectivity index (χ1n) is 0.507. The Labute approximate surface area is 59.0 Å². The smallest absolute Gasteiger partial charge is 0.0596 e. The molecule has 5 heavy (non-hydrogen) atoms. The molecule has 0 saturated heterocycles. The molecule has 0 N–H and O–H groups in total. The zero-order valence-corrected chi connectivity index (χ0v) is 6.83. The first-order chi connectivity index (χ1) is 1.73. The second-order valence-electron chi connectivity index (χ2n) is 0.192. The minimum Gasteiger partial charge on any atom is -0.0596 e. The summed E-state index contributed by atoms with van der Waals surface area (Å²) in [6.45, 7) is 0. The molecule has 0 bridgehead atoms. The third kappa shape index (κ3) is 24.6. The van der Waals surface area contributed by atoms with E-state index in [0.29, 0.717) is 0 Å². The van der Waals surface area contributed by atoms with Gasteiger partial charge in [0.15, 0.2) is 5.98 Å². The molecule has 0 aromatic rings. The van der Waals surface area contributed by atoms with Crippen molar-refractivity contribution >= 4 is 39.7 Å². The molecule has 0 heterocycles. The predicted octanol–water partition coefficient (Wildman–Crippen LogP) is 2.93. The summed E-state index contributed by atoms with van der Waals surface area (Å²) < 4.78 is 0. The van der Waals surface area contributed by atoms with Crippen LogP contribution in [0.3, 0.4) is 0 Å². The Morgan fingerprint density at radius 3 is 1.00 bits per heavy atom. The van der Waals surface area contributed by atoms with Crippen LogP contribution in [-0.4, -0.2) is 0 Å². The van der Waals surface area contributed by atoms with Gasteiger partial charge < -0.3 is 0 Å². The molecule has 0 aliphatic heterocycles.